The number of anilines is 2. The van der Waals surface area contributed by atoms with E-state index >= 15 is 0 Å². The summed E-state index contributed by atoms with van der Waals surface area (Å²) in [5.41, 5.74) is 7.53. The normalized spacial score (nSPS) is 14.7. The minimum atomic E-state index is 0.399. The molecule has 0 heterocycles. The van der Waals surface area contributed by atoms with Gasteiger partial charge in [-0.1, -0.05) is 31.9 Å². The Kier molecular flexibility index (Phi) is 4.28. The van der Waals surface area contributed by atoms with Crippen LogP contribution in [0.4, 0.5) is 11.4 Å². The fraction of sp³-hybridized carbons (Fsp3) is 0.500. The molecular weight excluding hydrogens is 208 g/mol. The molecule has 3 N–H and O–H groups in total. The first-order chi connectivity index (χ1) is 7.04. The Labute approximate surface area is 96.8 Å². The molecule has 0 aliphatic heterocycles. The van der Waals surface area contributed by atoms with E-state index in [2.05, 4.69) is 26.1 Å². The van der Waals surface area contributed by atoms with Crippen molar-refractivity contribution in [3.63, 3.8) is 0 Å². The number of nitrogen functional groups attached to an aromatic ring is 1. The van der Waals surface area contributed by atoms with Gasteiger partial charge >= 0.3 is 0 Å². The van der Waals surface area contributed by atoms with Gasteiger partial charge in [-0.25, -0.2) is 0 Å². The highest BCUT2D eigenvalue weighted by molar-refractivity contribution is 6.31. The fourth-order valence-corrected chi connectivity index (χ4v) is 1.57. The lowest BCUT2D eigenvalue weighted by Gasteiger charge is -2.22. The number of nitrogens with two attached hydrogens (primary N) is 1. The van der Waals surface area contributed by atoms with Crippen LogP contribution in [-0.4, -0.2) is 6.04 Å². The highest BCUT2D eigenvalue weighted by atomic mass is 35.5. The molecule has 0 fully saturated rings. The highest BCUT2D eigenvalue weighted by Gasteiger charge is 2.11. The van der Waals surface area contributed by atoms with Crippen molar-refractivity contribution in [2.75, 3.05) is 11.1 Å². The van der Waals surface area contributed by atoms with E-state index in [1.165, 1.54) is 0 Å². The lowest BCUT2D eigenvalue weighted by Crippen LogP contribution is -2.23. The van der Waals surface area contributed by atoms with Crippen LogP contribution >= 0.6 is 11.6 Å². The van der Waals surface area contributed by atoms with Gasteiger partial charge in [0.2, 0.25) is 0 Å². The van der Waals surface area contributed by atoms with Crippen LogP contribution in [0.25, 0.3) is 0 Å². The van der Waals surface area contributed by atoms with Crippen molar-refractivity contribution in [1.29, 1.82) is 0 Å². The third-order valence-electron chi connectivity index (χ3n) is 2.90. The summed E-state index contributed by atoms with van der Waals surface area (Å²) in [6.45, 7) is 6.57. The third-order valence-corrected chi connectivity index (χ3v) is 3.13. The number of hydrogen-bond acceptors (Lipinski definition) is 2. The average molecular weight is 227 g/mol. The number of rotatable bonds is 4. The maximum atomic E-state index is 5.92. The molecular formula is C12H19ClN2. The van der Waals surface area contributed by atoms with Crippen LogP contribution in [0.2, 0.25) is 5.02 Å². The predicted octanol–water partition coefficient (Wildman–Crippen LogP) is 3.77. The van der Waals surface area contributed by atoms with Crippen molar-refractivity contribution < 1.29 is 0 Å². The van der Waals surface area contributed by atoms with Gasteiger partial charge in [0.1, 0.15) is 0 Å². The van der Waals surface area contributed by atoms with Crippen molar-refractivity contribution in [3.05, 3.63) is 23.2 Å². The largest absolute Gasteiger partial charge is 0.397 e. The Balaban J connectivity index is 2.75. The molecule has 0 radical (unpaired) electrons. The average Bonchev–Trinajstić information content (AvgIpc) is 2.22. The Bertz CT molecular complexity index is 325. The molecule has 1 aromatic rings. The highest BCUT2D eigenvalue weighted by Crippen LogP contribution is 2.25. The molecule has 0 amide bonds. The molecule has 0 bridgehead atoms. The van der Waals surface area contributed by atoms with Gasteiger partial charge in [0.15, 0.2) is 0 Å². The van der Waals surface area contributed by atoms with E-state index in [-0.39, 0.29) is 0 Å². The number of nitrogens with one attached hydrogen (secondary N) is 1. The predicted molar refractivity (Wildman–Crippen MR) is 68.4 cm³/mol. The summed E-state index contributed by atoms with van der Waals surface area (Å²) in [4.78, 5) is 0. The van der Waals surface area contributed by atoms with E-state index in [0.29, 0.717) is 17.0 Å². The van der Waals surface area contributed by atoms with Crippen LogP contribution in [-0.2, 0) is 0 Å². The zero-order valence-corrected chi connectivity index (χ0v) is 10.3. The second-order valence-electron chi connectivity index (χ2n) is 4.05. The van der Waals surface area contributed by atoms with Crippen molar-refractivity contribution in [3.8, 4) is 0 Å². The molecule has 0 aliphatic rings. The van der Waals surface area contributed by atoms with Crippen molar-refractivity contribution in [2.45, 2.75) is 33.2 Å². The first-order valence-corrected chi connectivity index (χ1v) is 5.74. The number of hydrogen-bond donors (Lipinski definition) is 2. The van der Waals surface area contributed by atoms with Gasteiger partial charge in [-0.05, 0) is 31.0 Å². The first-order valence-electron chi connectivity index (χ1n) is 5.36. The van der Waals surface area contributed by atoms with Gasteiger partial charge in [0.25, 0.3) is 0 Å². The molecule has 0 saturated carbocycles. The van der Waals surface area contributed by atoms with E-state index < -0.39 is 0 Å². The summed E-state index contributed by atoms with van der Waals surface area (Å²) < 4.78 is 0. The number of benzene rings is 1. The van der Waals surface area contributed by atoms with E-state index in [0.717, 1.165) is 17.8 Å². The fourth-order valence-electron chi connectivity index (χ4n) is 1.39. The Morgan fingerprint density at radius 3 is 2.67 bits per heavy atom. The second kappa shape index (κ2) is 5.26. The summed E-state index contributed by atoms with van der Waals surface area (Å²) in [5, 5.41) is 4.10. The van der Waals surface area contributed by atoms with Crippen LogP contribution < -0.4 is 11.1 Å². The number of halogens is 1. The third kappa shape index (κ3) is 3.31. The van der Waals surface area contributed by atoms with Gasteiger partial charge < -0.3 is 11.1 Å². The van der Waals surface area contributed by atoms with E-state index in [1.807, 2.05) is 12.1 Å². The van der Waals surface area contributed by atoms with Crippen molar-refractivity contribution in [2.24, 2.45) is 5.92 Å². The molecule has 0 saturated heterocycles. The van der Waals surface area contributed by atoms with Gasteiger partial charge in [0, 0.05) is 11.1 Å². The molecule has 2 nitrogen and oxygen atoms in total. The summed E-state index contributed by atoms with van der Waals surface area (Å²) in [6.07, 6.45) is 1.15. The van der Waals surface area contributed by atoms with Crippen LogP contribution in [0.3, 0.4) is 0 Å². The van der Waals surface area contributed by atoms with Crippen LogP contribution in [0.5, 0.6) is 0 Å². The summed E-state index contributed by atoms with van der Waals surface area (Å²) in [7, 11) is 0. The molecule has 0 spiro atoms. The maximum absolute atomic E-state index is 5.92. The van der Waals surface area contributed by atoms with Crippen LogP contribution in [0.15, 0.2) is 18.2 Å². The van der Waals surface area contributed by atoms with E-state index in [1.54, 1.807) is 6.07 Å². The molecule has 0 aromatic heterocycles. The van der Waals surface area contributed by atoms with E-state index in [4.69, 9.17) is 17.3 Å². The second-order valence-corrected chi connectivity index (χ2v) is 4.49. The molecule has 3 heteroatoms. The van der Waals surface area contributed by atoms with Gasteiger partial charge in [-0.2, -0.15) is 0 Å². The monoisotopic (exact) mass is 226 g/mol. The van der Waals surface area contributed by atoms with Crippen LogP contribution in [0.1, 0.15) is 27.2 Å². The standard InChI is InChI=1S/C12H19ClN2/c1-4-8(2)9(3)15-12-7-10(13)5-6-11(12)14/h5-9,15H,4,14H2,1-3H3. The van der Waals surface area contributed by atoms with Crippen molar-refractivity contribution >= 4 is 23.0 Å². The van der Waals surface area contributed by atoms with Gasteiger partial charge in [0.05, 0.1) is 11.4 Å². The molecule has 1 aromatic carbocycles. The lowest BCUT2D eigenvalue weighted by atomic mass is 10.0. The smallest absolute Gasteiger partial charge is 0.0590 e. The summed E-state index contributed by atoms with van der Waals surface area (Å²) in [6, 6.07) is 5.90. The lowest BCUT2D eigenvalue weighted by molar-refractivity contribution is 0.495. The molecule has 1 rings (SSSR count). The molecule has 2 unspecified atom stereocenters. The molecule has 2 atom stereocenters. The minimum Gasteiger partial charge on any atom is -0.397 e. The topological polar surface area (TPSA) is 38.0 Å². The van der Waals surface area contributed by atoms with Crippen LogP contribution in [0, 0.1) is 5.92 Å². The Hall–Kier alpha value is -0.890. The first kappa shape index (κ1) is 12.2. The van der Waals surface area contributed by atoms with E-state index in [9.17, 15) is 0 Å². The Morgan fingerprint density at radius 1 is 1.40 bits per heavy atom. The summed E-state index contributed by atoms with van der Waals surface area (Å²) >= 11 is 5.92. The minimum absolute atomic E-state index is 0.399. The zero-order chi connectivity index (χ0) is 11.4. The van der Waals surface area contributed by atoms with Gasteiger partial charge in [-0.3, -0.25) is 0 Å². The zero-order valence-electron chi connectivity index (χ0n) is 9.55. The Morgan fingerprint density at radius 2 is 2.07 bits per heavy atom. The molecule has 15 heavy (non-hydrogen) atoms. The molecule has 84 valence electrons. The van der Waals surface area contributed by atoms with Gasteiger partial charge in [-0.15, -0.1) is 0 Å². The molecule has 0 aliphatic carbocycles. The summed E-state index contributed by atoms with van der Waals surface area (Å²) in [5.74, 6) is 0.614. The van der Waals surface area contributed by atoms with Crippen molar-refractivity contribution in [1.82, 2.24) is 0 Å². The quantitative estimate of drug-likeness (QED) is 0.768. The SMILES string of the molecule is CCC(C)C(C)Nc1cc(Cl)ccc1N. The maximum Gasteiger partial charge on any atom is 0.0590 e.